The van der Waals surface area contributed by atoms with E-state index in [-0.39, 0.29) is 17.8 Å². The fourth-order valence-corrected chi connectivity index (χ4v) is 3.83. The smallest absolute Gasteiger partial charge is 0.345 e. The summed E-state index contributed by atoms with van der Waals surface area (Å²) in [5.74, 6) is -2.07. The van der Waals surface area contributed by atoms with Gasteiger partial charge in [-0.05, 0) is 72.9 Å². The van der Waals surface area contributed by atoms with Gasteiger partial charge in [-0.1, -0.05) is 12.1 Å². The molecule has 0 saturated heterocycles. The largest absolute Gasteiger partial charge is 0.477 e. The first kappa shape index (κ1) is 19.9. The number of carbonyl (C=O) groups excluding carboxylic acids is 1. The summed E-state index contributed by atoms with van der Waals surface area (Å²) in [5, 5.41) is 8.93. The molecule has 0 saturated carbocycles. The lowest BCUT2D eigenvalue weighted by Gasteiger charge is -2.07. The van der Waals surface area contributed by atoms with Crippen LogP contribution in [0.3, 0.4) is 0 Å². The lowest BCUT2D eigenvalue weighted by molar-refractivity contribution is 0.0702. The summed E-state index contributed by atoms with van der Waals surface area (Å²) in [4.78, 5) is 24.6. The highest BCUT2D eigenvalue weighted by atomic mass is 32.1. The van der Waals surface area contributed by atoms with Crippen molar-refractivity contribution in [3.05, 3.63) is 81.5 Å². The van der Waals surface area contributed by atoms with Crippen LogP contribution in [-0.4, -0.2) is 16.9 Å². The number of benzene rings is 2. The first-order chi connectivity index (χ1) is 13.4. The SMILES string of the molecule is O=C(CCCCc1ccc(C(=O)O)s1)c1cc(F)cc(-c2cccc(F)c2)c1. The number of hydrogen-bond donors (Lipinski definition) is 1. The maximum atomic E-state index is 14.0. The lowest BCUT2D eigenvalue weighted by Crippen LogP contribution is -2.01. The van der Waals surface area contributed by atoms with Gasteiger partial charge in [0.05, 0.1) is 0 Å². The second-order valence-corrected chi connectivity index (χ2v) is 7.61. The van der Waals surface area contributed by atoms with Crippen LogP contribution in [0.1, 0.15) is 44.2 Å². The molecule has 6 heteroatoms. The maximum Gasteiger partial charge on any atom is 0.345 e. The second-order valence-electron chi connectivity index (χ2n) is 6.44. The van der Waals surface area contributed by atoms with E-state index in [1.807, 2.05) is 0 Å². The van der Waals surface area contributed by atoms with Crippen LogP contribution in [0.4, 0.5) is 8.78 Å². The Hall–Kier alpha value is -2.86. The zero-order valence-corrected chi connectivity index (χ0v) is 15.8. The maximum absolute atomic E-state index is 14.0. The third-order valence-corrected chi connectivity index (χ3v) is 5.46. The molecule has 0 aliphatic rings. The Morgan fingerprint density at radius 1 is 0.893 bits per heavy atom. The van der Waals surface area contributed by atoms with Crippen molar-refractivity contribution in [1.82, 2.24) is 0 Å². The molecule has 1 N–H and O–H groups in total. The van der Waals surface area contributed by atoms with Gasteiger partial charge in [-0.2, -0.15) is 0 Å². The van der Waals surface area contributed by atoms with Gasteiger partial charge in [-0.15, -0.1) is 11.3 Å². The Bertz CT molecular complexity index is 1010. The van der Waals surface area contributed by atoms with Gasteiger partial charge in [0.15, 0.2) is 5.78 Å². The molecule has 3 aromatic rings. The first-order valence-electron chi connectivity index (χ1n) is 8.84. The summed E-state index contributed by atoms with van der Waals surface area (Å²) < 4.78 is 27.4. The molecule has 1 heterocycles. The number of carbonyl (C=O) groups is 2. The van der Waals surface area contributed by atoms with E-state index in [2.05, 4.69) is 0 Å². The highest BCUT2D eigenvalue weighted by Gasteiger charge is 2.11. The van der Waals surface area contributed by atoms with Crippen molar-refractivity contribution in [2.45, 2.75) is 25.7 Å². The van der Waals surface area contributed by atoms with Crippen molar-refractivity contribution in [2.75, 3.05) is 0 Å². The quantitative estimate of drug-likeness (QED) is 0.373. The molecule has 0 fully saturated rings. The van der Waals surface area contributed by atoms with Crippen molar-refractivity contribution in [2.24, 2.45) is 0 Å². The summed E-state index contributed by atoms with van der Waals surface area (Å²) >= 11 is 1.23. The van der Waals surface area contributed by atoms with Crippen molar-refractivity contribution >= 4 is 23.1 Å². The number of halogens is 2. The molecule has 2 aromatic carbocycles. The summed E-state index contributed by atoms with van der Waals surface area (Å²) in [6.45, 7) is 0. The van der Waals surface area contributed by atoms with E-state index in [1.54, 1.807) is 24.3 Å². The molecule has 0 aliphatic carbocycles. The highest BCUT2D eigenvalue weighted by Crippen LogP contribution is 2.24. The molecule has 0 spiro atoms. The van der Waals surface area contributed by atoms with E-state index >= 15 is 0 Å². The number of ketones is 1. The first-order valence-corrected chi connectivity index (χ1v) is 9.66. The van der Waals surface area contributed by atoms with Crippen molar-refractivity contribution in [3.63, 3.8) is 0 Å². The molecule has 28 heavy (non-hydrogen) atoms. The Morgan fingerprint density at radius 3 is 2.39 bits per heavy atom. The molecule has 3 nitrogen and oxygen atoms in total. The zero-order valence-electron chi connectivity index (χ0n) is 15.0. The molecule has 0 amide bonds. The molecular weight excluding hydrogens is 382 g/mol. The number of carboxylic acids is 1. The molecular formula is C22H18F2O3S. The third-order valence-electron chi connectivity index (χ3n) is 4.33. The average molecular weight is 400 g/mol. The van der Waals surface area contributed by atoms with Gasteiger partial charge in [-0.3, -0.25) is 4.79 Å². The van der Waals surface area contributed by atoms with Crippen molar-refractivity contribution < 1.29 is 23.5 Å². The third kappa shape index (κ3) is 5.10. The van der Waals surface area contributed by atoms with Gasteiger partial charge in [-0.25, -0.2) is 13.6 Å². The van der Waals surface area contributed by atoms with Crippen LogP contribution in [-0.2, 0) is 6.42 Å². The molecule has 144 valence electrons. The average Bonchev–Trinajstić information content (AvgIpc) is 3.14. The van der Waals surface area contributed by atoms with Gasteiger partial charge < -0.3 is 5.11 Å². The van der Waals surface area contributed by atoms with E-state index in [9.17, 15) is 18.4 Å². The van der Waals surface area contributed by atoms with Gasteiger partial charge >= 0.3 is 5.97 Å². The summed E-state index contributed by atoms with van der Waals surface area (Å²) in [7, 11) is 0. The van der Waals surface area contributed by atoms with Crippen LogP contribution in [0, 0.1) is 11.6 Å². The van der Waals surface area contributed by atoms with Crippen LogP contribution in [0.15, 0.2) is 54.6 Å². The number of Topliss-reactive ketones (excluding diaryl/α,β-unsaturated/α-hetero) is 1. The number of aromatic carboxylic acids is 1. The summed E-state index contributed by atoms with van der Waals surface area (Å²) in [5.41, 5.74) is 1.24. The molecule has 1 aromatic heterocycles. The Labute approximate surface area is 165 Å². The van der Waals surface area contributed by atoms with Gasteiger partial charge in [0, 0.05) is 16.9 Å². The normalized spacial score (nSPS) is 10.8. The van der Waals surface area contributed by atoms with Crippen LogP contribution in [0.2, 0.25) is 0 Å². The monoisotopic (exact) mass is 400 g/mol. The standard InChI is InChI=1S/C22H18F2O3S/c23-17-5-3-4-14(11-17)15-10-16(13-18(24)12-15)20(25)7-2-1-6-19-8-9-21(28-19)22(26)27/h3-5,8-13H,1-2,6-7H2,(H,26,27). The number of hydrogen-bond acceptors (Lipinski definition) is 3. The number of thiophene rings is 1. The number of rotatable bonds is 8. The van der Waals surface area contributed by atoms with E-state index in [0.29, 0.717) is 28.8 Å². The topological polar surface area (TPSA) is 54.4 Å². The van der Waals surface area contributed by atoms with Gasteiger partial charge in [0.25, 0.3) is 0 Å². The van der Waals surface area contributed by atoms with E-state index in [1.165, 1.54) is 41.7 Å². The predicted molar refractivity (Wildman–Crippen MR) is 105 cm³/mol. The fourth-order valence-electron chi connectivity index (χ4n) is 2.94. The van der Waals surface area contributed by atoms with Crippen LogP contribution < -0.4 is 0 Å². The Kier molecular flexibility index (Phi) is 6.31. The Balaban J connectivity index is 1.60. The van der Waals surface area contributed by atoms with E-state index < -0.39 is 17.6 Å². The minimum Gasteiger partial charge on any atom is -0.477 e. The summed E-state index contributed by atoms with van der Waals surface area (Å²) in [6.07, 6.45) is 2.31. The number of unbranched alkanes of at least 4 members (excludes halogenated alkanes) is 1. The minimum atomic E-state index is -0.938. The van der Waals surface area contributed by atoms with Crippen LogP contribution >= 0.6 is 11.3 Å². The number of aryl methyl sites for hydroxylation is 1. The number of carboxylic acid groups (broad SMARTS) is 1. The van der Waals surface area contributed by atoms with Crippen LogP contribution in [0.5, 0.6) is 0 Å². The summed E-state index contributed by atoms with van der Waals surface area (Å²) in [6, 6.07) is 13.2. The second kappa shape index (κ2) is 8.89. The van der Waals surface area contributed by atoms with Gasteiger partial charge in [0.1, 0.15) is 16.5 Å². The van der Waals surface area contributed by atoms with Crippen LogP contribution in [0.25, 0.3) is 11.1 Å². The molecule has 0 radical (unpaired) electrons. The molecule has 0 atom stereocenters. The molecule has 3 rings (SSSR count). The molecule has 0 aliphatic heterocycles. The molecule has 0 bridgehead atoms. The lowest BCUT2D eigenvalue weighted by atomic mass is 9.98. The van der Waals surface area contributed by atoms with Gasteiger partial charge in [0.2, 0.25) is 0 Å². The minimum absolute atomic E-state index is 0.172. The zero-order chi connectivity index (χ0) is 20.1. The van der Waals surface area contributed by atoms with E-state index in [4.69, 9.17) is 5.11 Å². The van der Waals surface area contributed by atoms with E-state index in [0.717, 1.165) is 11.3 Å². The Morgan fingerprint density at radius 2 is 1.68 bits per heavy atom. The fraction of sp³-hybridized carbons (Fsp3) is 0.182. The molecule has 0 unspecified atom stereocenters. The van der Waals surface area contributed by atoms with Crippen molar-refractivity contribution in [3.8, 4) is 11.1 Å². The van der Waals surface area contributed by atoms with Crippen molar-refractivity contribution in [1.29, 1.82) is 0 Å². The highest BCUT2D eigenvalue weighted by molar-refractivity contribution is 7.13. The predicted octanol–water partition coefficient (Wildman–Crippen LogP) is 5.99.